The van der Waals surface area contributed by atoms with Crippen molar-refractivity contribution in [2.75, 3.05) is 39.3 Å². The zero-order chi connectivity index (χ0) is 18.5. The second-order valence-corrected chi connectivity index (χ2v) is 6.48. The lowest BCUT2D eigenvalue weighted by Crippen LogP contribution is -2.49. The number of hydrogen-bond acceptors (Lipinski definition) is 3. The predicted molar refractivity (Wildman–Crippen MR) is 95.6 cm³/mol. The van der Waals surface area contributed by atoms with E-state index >= 15 is 0 Å². The Bertz CT molecular complexity index is 760. The van der Waals surface area contributed by atoms with E-state index in [9.17, 15) is 13.6 Å². The summed E-state index contributed by atoms with van der Waals surface area (Å²) in [5.74, 6) is -1.20. The molecule has 0 atom stereocenters. The number of benzene rings is 2. The number of para-hydroxylation sites is 1. The Morgan fingerprint density at radius 3 is 2.35 bits per heavy atom. The fourth-order valence-corrected chi connectivity index (χ4v) is 3.07. The SMILES string of the molecule is O=C(c1cc(F)cc(F)c1)N1CCN(CCOc2ccccc2Cl)CC1. The van der Waals surface area contributed by atoms with Gasteiger partial charge in [0.1, 0.15) is 24.0 Å². The van der Waals surface area contributed by atoms with Crippen LogP contribution >= 0.6 is 11.6 Å². The lowest BCUT2D eigenvalue weighted by molar-refractivity contribution is 0.0619. The molecule has 26 heavy (non-hydrogen) atoms. The molecule has 1 heterocycles. The Balaban J connectivity index is 1.46. The van der Waals surface area contributed by atoms with Crippen LogP contribution in [0.4, 0.5) is 8.78 Å². The molecular formula is C19H19ClF2N2O2. The standard InChI is InChI=1S/C19H19ClF2N2O2/c20-17-3-1-2-4-18(17)26-10-9-23-5-7-24(8-6-23)19(25)14-11-15(21)13-16(22)12-14/h1-4,11-13H,5-10H2. The van der Waals surface area contributed by atoms with E-state index in [2.05, 4.69) is 4.90 Å². The number of halogens is 3. The Morgan fingerprint density at radius 1 is 1.04 bits per heavy atom. The topological polar surface area (TPSA) is 32.8 Å². The van der Waals surface area contributed by atoms with Crippen molar-refractivity contribution in [1.82, 2.24) is 9.80 Å². The Kier molecular flexibility index (Phi) is 6.06. The van der Waals surface area contributed by atoms with Gasteiger partial charge in [-0.2, -0.15) is 0 Å². The van der Waals surface area contributed by atoms with Crippen molar-refractivity contribution in [3.05, 3.63) is 64.7 Å². The fraction of sp³-hybridized carbons (Fsp3) is 0.316. The van der Waals surface area contributed by atoms with Gasteiger partial charge in [-0.25, -0.2) is 8.78 Å². The Labute approximate surface area is 155 Å². The summed E-state index contributed by atoms with van der Waals surface area (Å²) in [4.78, 5) is 16.2. The highest BCUT2D eigenvalue weighted by atomic mass is 35.5. The third-order valence-corrected chi connectivity index (χ3v) is 4.58. The summed E-state index contributed by atoms with van der Waals surface area (Å²) in [5.41, 5.74) is 0.0398. The van der Waals surface area contributed by atoms with Gasteiger partial charge in [0.05, 0.1) is 5.02 Å². The van der Waals surface area contributed by atoms with E-state index in [1.807, 2.05) is 18.2 Å². The minimum atomic E-state index is -0.747. The summed E-state index contributed by atoms with van der Waals surface area (Å²) in [5, 5.41) is 0.574. The van der Waals surface area contributed by atoms with E-state index in [-0.39, 0.29) is 11.5 Å². The summed E-state index contributed by atoms with van der Waals surface area (Å²) in [7, 11) is 0. The summed E-state index contributed by atoms with van der Waals surface area (Å²) in [6.45, 7) is 3.56. The van der Waals surface area contributed by atoms with Crippen LogP contribution in [0.2, 0.25) is 5.02 Å². The van der Waals surface area contributed by atoms with Gasteiger partial charge in [0.15, 0.2) is 0 Å². The number of carbonyl (C=O) groups excluding carboxylic acids is 1. The van der Waals surface area contributed by atoms with Crippen LogP contribution < -0.4 is 4.74 Å². The number of rotatable bonds is 5. The van der Waals surface area contributed by atoms with Crippen molar-refractivity contribution >= 4 is 17.5 Å². The van der Waals surface area contributed by atoms with E-state index in [1.54, 1.807) is 11.0 Å². The molecule has 2 aromatic carbocycles. The van der Waals surface area contributed by atoms with Crippen LogP contribution in [-0.2, 0) is 0 Å². The van der Waals surface area contributed by atoms with E-state index in [4.69, 9.17) is 16.3 Å². The molecule has 1 saturated heterocycles. The van der Waals surface area contributed by atoms with Crippen molar-refractivity contribution < 1.29 is 18.3 Å². The number of carbonyl (C=O) groups is 1. The molecule has 2 aromatic rings. The average Bonchev–Trinajstić information content (AvgIpc) is 2.62. The number of ether oxygens (including phenoxy) is 1. The molecule has 1 fully saturated rings. The molecule has 4 nitrogen and oxygen atoms in total. The highest BCUT2D eigenvalue weighted by Gasteiger charge is 2.22. The Morgan fingerprint density at radius 2 is 1.69 bits per heavy atom. The fourth-order valence-electron chi connectivity index (χ4n) is 2.88. The molecule has 1 aliphatic heterocycles. The van der Waals surface area contributed by atoms with Gasteiger partial charge in [-0.3, -0.25) is 9.69 Å². The van der Waals surface area contributed by atoms with Gasteiger partial charge in [-0.05, 0) is 24.3 Å². The van der Waals surface area contributed by atoms with Crippen LogP contribution in [0.15, 0.2) is 42.5 Å². The van der Waals surface area contributed by atoms with Gasteiger partial charge in [0.2, 0.25) is 0 Å². The summed E-state index contributed by atoms with van der Waals surface area (Å²) < 4.78 is 32.2. The highest BCUT2D eigenvalue weighted by Crippen LogP contribution is 2.23. The third kappa shape index (κ3) is 4.71. The molecule has 0 unspecified atom stereocenters. The van der Waals surface area contributed by atoms with Crippen LogP contribution in [0.1, 0.15) is 10.4 Å². The van der Waals surface area contributed by atoms with Gasteiger partial charge in [-0.1, -0.05) is 23.7 Å². The largest absolute Gasteiger partial charge is 0.491 e. The second-order valence-electron chi connectivity index (χ2n) is 6.07. The van der Waals surface area contributed by atoms with Crippen LogP contribution in [0.25, 0.3) is 0 Å². The smallest absolute Gasteiger partial charge is 0.254 e. The zero-order valence-corrected chi connectivity index (χ0v) is 14.9. The number of nitrogens with zero attached hydrogens (tertiary/aromatic N) is 2. The minimum absolute atomic E-state index is 0.0398. The van der Waals surface area contributed by atoms with E-state index in [0.717, 1.165) is 18.2 Å². The molecule has 7 heteroatoms. The van der Waals surface area contributed by atoms with Crippen LogP contribution in [-0.4, -0.2) is 55.0 Å². The molecule has 0 N–H and O–H groups in total. The molecule has 138 valence electrons. The molecule has 1 amide bonds. The van der Waals surface area contributed by atoms with Crippen molar-refractivity contribution in [1.29, 1.82) is 0 Å². The Hall–Kier alpha value is -2.18. The van der Waals surface area contributed by atoms with Gasteiger partial charge in [0, 0.05) is 44.4 Å². The van der Waals surface area contributed by atoms with Gasteiger partial charge in [-0.15, -0.1) is 0 Å². The maximum Gasteiger partial charge on any atom is 0.254 e. The molecule has 0 aliphatic carbocycles. The van der Waals surface area contributed by atoms with Crippen molar-refractivity contribution in [2.45, 2.75) is 0 Å². The first-order valence-electron chi connectivity index (χ1n) is 8.38. The maximum absolute atomic E-state index is 13.3. The monoisotopic (exact) mass is 380 g/mol. The number of piperazine rings is 1. The maximum atomic E-state index is 13.3. The predicted octanol–water partition coefficient (Wildman–Crippen LogP) is 3.46. The number of amides is 1. The van der Waals surface area contributed by atoms with E-state index in [1.165, 1.54) is 0 Å². The minimum Gasteiger partial charge on any atom is -0.491 e. The summed E-state index contributed by atoms with van der Waals surface area (Å²) >= 11 is 6.04. The molecule has 0 saturated carbocycles. The second kappa shape index (κ2) is 8.47. The first kappa shape index (κ1) is 18.6. The lowest BCUT2D eigenvalue weighted by Gasteiger charge is -2.34. The summed E-state index contributed by atoms with van der Waals surface area (Å²) in [6.07, 6.45) is 0. The zero-order valence-electron chi connectivity index (χ0n) is 14.1. The van der Waals surface area contributed by atoms with Crippen LogP contribution in [0.5, 0.6) is 5.75 Å². The van der Waals surface area contributed by atoms with Gasteiger partial charge in [0.25, 0.3) is 5.91 Å². The van der Waals surface area contributed by atoms with E-state index < -0.39 is 11.6 Å². The molecule has 0 aromatic heterocycles. The highest BCUT2D eigenvalue weighted by molar-refractivity contribution is 6.32. The first-order valence-corrected chi connectivity index (χ1v) is 8.76. The van der Waals surface area contributed by atoms with Gasteiger partial charge >= 0.3 is 0 Å². The van der Waals surface area contributed by atoms with Crippen molar-refractivity contribution in [3.63, 3.8) is 0 Å². The molecule has 0 bridgehead atoms. The third-order valence-electron chi connectivity index (χ3n) is 4.27. The van der Waals surface area contributed by atoms with Crippen LogP contribution in [0.3, 0.4) is 0 Å². The van der Waals surface area contributed by atoms with E-state index in [0.29, 0.717) is 50.1 Å². The summed E-state index contributed by atoms with van der Waals surface area (Å²) in [6, 6.07) is 10.2. The van der Waals surface area contributed by atoms with Crippen molar-refractivity contribution in [2.24, 2.45) is 0 Å². The molecule has 1 aliphatic rings. The quantitative estimate of drug-likeness (QED) is 0.796. The molecule has 3 rings (SSSR count). The normalized spacial score (nSPS) is 15.1. The van der Waals surface area contributed by atoms with Crippen molar-refractivity contribution in [3.8, 4) is 5.75 Å². The first-order chi connectivity index (χ1) is 12.5. The molecular weight excluding hydrogens is 362 g/mol. The number of hydrogen-bond donors (Lipinski definition) is 0. The molecule has 0 radical (unpaired) electrons. The van der Waals surface area contributed by atoms with Gasteiger partial charge < -0.3 is 9.64 Å². The lowest BCUT2D eigenvalue weighted by atomic mass is 10.1. The molecule has 0 spiro atoms. The van der Waals surface area contributed by atoms with Crippen LogP contribution in [0, 0.1) is 11.6 Å². The average molecular weight is 381 g/mol.